The van der Waals surface area contributed by atoms with Gasteiger partial charge in [-0.3, -0.25) is 4.98 Å². The molecule has 0 saturated carbocycles. The number of rotatable bonds is 4. The lowest BCUT2D eigenvalue weighted by Crippen LogP contribution is -2.51. The van der Waals surface area contributed by atoms with Crippen molar-refractivity contribution in [2.24, 2.45) is 0 Å². The number of fused-ring (bicyclic) bond motifs is 1. The normalized spacial score (nSPS) is 16.9. The highest BCUT2D eigenvalue weighted by atomic mass is 16.5. The first-order valence-electron chi connectivity index (χ1n) is 9.15. The molecule has 8 nitrogen and oxygen atoms in total. The second kappa shape index (κ2) is 7.77. The van der Waals surface area contributed by atoms with Gasteiger partial charge in [0.05, 0.1) is 18.7 Å². The zero-order valence-electron chi connectivity index (χ0n) is 15.5. The Hall–Kier alpha value is -3.26. The molecule has 2 aromatic carbocycles. The number of nitrogens with zero attached hydrogens (tertiary/aromatic N) is 1. The number of aromatic nitrogens is 1. The van der Waals surface area contributed by atoms with Crippen molar-refractivity contribution in [3.63, 3.8) is 0 Å². The van der Waals surface area contributed by atoms with Crippen LogP contribution in [-0.4, -0.2) is 42.7 Å². The van der Waals surface area contributed by atoms with Crippen molar-refractivity contribution in [1.82, 2.24) is 20.5 Å². The van der Waals surface area contributed by atoms with E-state index >= 15 is 0 Å². The van der Waals surface area contributed by atoms with Gasteiger partial charge in [-0.1, -0.05) is 18.2 Å². The predicted octanol–water partition coefficient (Wildman–Crippen LogP) is 1.99. The van der Waals surface area contributed by atoms with Crippen LogP contribution < -0.4 is 21.1 Å². The number of carbonyl (C=O) groups is 1. The highest BCUT2D eigenvalue weighted by Crippen LogP contribution is 2.25. The molecule has 4 rings (SSSR count). The molecule has 3 N–H and O–H groups in total. The number of urea groups is 1. The van der Waals surface area contributed by atoms with Crippen LogP contribution in [-0.2, 0) is 6.54 Å². The van der Waals surface area contributed by atoms with Crippen LogP contribution in [0.5, 0.6) is 5.75 Å². The number of amides is 2. The average molecular weight is 382 g/mol. The van der Waals surface area contributed by atoms with E-state index in [0.29, 0.717) is 30.7 Å². The summed E-state index contributed by atoms with van der Waals surface area (Å²) in [4.78, 5) is 28.6. The molecule has 0 spiro atoms. The van der Waals surface area contributed by atoms with E-state index in [4.69, 9.17) is 9.15 Å². The lowest BCUT2D eigenvalue weighted by Gasteiger charge is -2.36. The van der Waals surface area contributed by atoms with E-state index in [-0.39, 0.29) is 12.1 Å². The lowest BCUT2D eigenvalue weighted by molar-refractivity contribution is 0.158. The van der Waals surface area contributed by atoms with E-state index in [0.717, 1.165) is 23.4 Å². The molecule has 0 radical (unpaired) electrons. The molecule has 1 atom stereocenters. The molecule has 1 aliphatic heterocycles. The van der Waals surface area contributed by atoms with Crippen molar-refractivity contribution in [1.29, 1.82) is 0 Å². The number of methoxy groups -OCH3 is 1. The highest BCUT2D eigenvalue weighted by Gasteiger charge is 2.28. The quantitative estimate of drug-likeness (QED) is 0.641. The third kappa shape index (κ3) is 3.72. The Morgan fingerprint density at radius 2 is 2.21 bits per heavy atom. The van der Waals surface area contributed by atoms with Crippen molar-refractivity contribution >= 4 is 17.1 Å². The first-order valence-corrected chi connectivity index (χ1v) is 9.15. The summed E-state index contributed by atoms with van der Waals surface area (Å²) < 4.78 is 10.4. The molecule has 0 aliphatic carbocycles. The fourth-order valence-corrected chi connectivity index (χ4v) is 3.47. The van der Waals surface area contributed by atoms with Gasteiger partial charge in [0, 0.05) is 26.2 Å². The Kier molecular flexibility index (Phi) is 5.03. The zero-order chi connectivity index (χ0) is 19.5. The summed E-state index contributed by atoms with van der Waals surface area (Å²) >= 11 is 0. The summed E-state index contributed by atoms with van der Waals surface area (Å²) in [5.41, 5.74) is 3.00. The van der Waals surface area contributed by atoms with Gasteiger partial charge in [-0.05, 0) is 35.4 Å². The fourth-order valence-electron chi connectivity index (χ4n) is 3.47. The molecule has 146 valence electrons. The molecule has 0 bridgehead atoms. The van der Waals surface area contributed by atoms with Crippen molar-refractivity contribution < 1.29 is 13.9 Å². The second-order valence-corrected chi connectivity index (χ2v) is 6.69. The number of benzene rings is 2. The monoisotopic (exact) mass is 382 g/mol. The maximum atomic E-state index is 12.9. The van der Waals surface area contributed by atoms with Gasteiger partial charge >= 0.3 is 11.8 Å². The van der Waals surface area contributed by atoms with Crippen LogP contribution in [0.4, 0.5) is 4.79 Å². The molecule has 1 aliphatic rings. The average Bonchev–Trinajstić information content (AvgIpc) is 3.11. The second-order valence-electron chi connectivity index (χ2n) is 6.69. The number of ether oxygens (including phenoxy) is 1. The first kappa shape index (κ1) is 18.1. The molecular weight excluding hydrogens is 360 g/mol. The minimum absolute atomic E-state index is 0.0750. The maximum absolute atomic E-state index is 12.9. The molecule has 8 heteroatoms. The van der Waals surface area contributed by atoms with Gasteiger partial charge in [0.2, 0.25) is 0 Å². The summed E-state index contributed by atoms with van der Waals surface area (Å²) in [5, 5.41) is 6.31. The summed E-state index contributed by atoms with van der Waals surface area (Å²) in [6.07, 6.45) is 0. The number of hydrogen-bond acceptors (Lipinski definition) is 5. The number of hydrogen-bond donors (Lipinski definition) is 3. The minimum Gasteiger partial charge on any atom is -0.497 e. The van der Waals surface area contributed by atoms with Crippen LogP contribution in [0, 0.1) is 0 Å². The Labute approximate surface area is 161 Å². The Balaban J connectivity index is 1.47. The Morgan fingerprint density at radius 1 is 1.32 bits per heavy atom. The van der Waals surface area contributed by atoms with Crippen molar-refractivity contribution in [3.8, 4) is 5.75 Å². The smallest absolute Gasteiger partial charge is 0.417 e. The number of oxazole rings is 1. The van der Waals surface area contributed by atoms with Gasteiger partial charge < -0.3 is 24.7 Å². The number of nitrogens with one attached hydrogen (secondary N) is 3. The van der Waals surface area contributed by atoms with Crippen molar-refractivity contribution in [2.45, 2.75) is 12.6 Å². The third-order valence-corrected chi connectivity index (χ3v) is 4.91. The standard InChI is InChI=1S/C20H22N4O4/c1-27-15-4-2-3-14(10-15)17-12-21-7-8-24(17)19(25)22-11-13-5-6-16-18(9-13)28-20(26)23-16/h2-6,9-10,17,21H,7-8,11-12H2,1H3,(H,22,25)(H,23,26). The van der Waals surface area contributed by atoms with Gasteiger partial charge in [-0.25, -0.2) is 9.59 Å². The Morgan fingerprint density at radius 3 is 3.07 bits per heavy atom. The number of H-pyrrole nitrogens is 1. The molecule has 1 aromatic heterocycles. The van der Waals surface area contributed by atoms with E-state index in [1.54, 1.807) is 19.2 Å². The van der Waals surface area contributed by atoms with E-state index in [1.165, 1.54) is 0 Å². The summed E-state index contributed by atoms with van der Waals surface area (Å²) in [6.45, 7) is 2.38. The molecule has 2 heterocycles. The molecular formula is C20H22N4O4. The van der Waals surface area contributed by atoms with Gasteiger partial charge in [-0.15, -0.1) is 0 Å². The SMILES string of the molecule is COc1cccc(C2CNCCN2C(=O)NCc2ccc3[nH]c(=O)oc3c2)c1. The van der Waals surface area contributed by atoms with E-state index in [1.807, 2.05) is 35.2 Å². The number of piperazine rings is 1. The highest BCUT2D eigenvalue weighted by molar-refractivity contribution is 5.76. The van der Waals surface area contributed by atoms with Crippen molar-refractivity contribution in [2.75, 3.05) is 26.7 Å². The van der Waals surface area contributed by atoms with Crippen LogP contribution >= 0.6 is 0 Å². The van der Waals surface area contributed by atoms with Gasteiger partial charge in [0.15, 0.2) is 5.58 Å². The van der Waals surface area contributed by atoms with Crippen LogP contribution in [0.3, 0.4) is 0 Å². The van der Waals surface area contributed by atoms with Crippen LogP contribution in [0.15, 0.2) is 51.7 Å². The number of aromatic amines is 1. The third-order valence-electron chi connectivity index (χ3n) is 4.91. The predicted molar refractivity (Wildman–Crippen MR) is 104 cm³/mol. The molecule has 2 amide bonds. The molecule has 1 saturated heterocycles. The van der Waals surface area contributed by atoms with E-state index < -0.39 is 5.76 Å². The fraction of sp³-hybridized carbons (Fsp3) is 0.300. The van der Waals surface area contributed by atoms with Gasteiger partial charge in [0.1, 0.15) is 5.75 Å². The lowest BCUT2D eigenvalue weighted by atomic mass is 10.0. The van der Waals surface area contributed by atoms with Gasteiger partial charge in [-0.2, -0.15) is 0 Å². The maximum Gasteiger partial charge on any atom is 0.417 e. The Bertz CT molecular complexity index is 1040. The summed E-state index contributed by atoms with van der Waals surface area (Å²) in [5.74, 6) is 0.280. The summed E-state index contributed by atoms with van der Waals surface area (Å²) in [6, 6.07) is 12.9. The summed E-state index contributed by atoms with van der Waals surface area (Å²) in [7, 11) is 1.63. The van der Waals surface area contributed by atoms with Crippen LogP contribution in [0.2, 0.25) is 0 Å². The van der Waals surface area contributed by atoms with Crippen LogP contribution in [0.25, 0.3) is 11.1 Å². The van der Waals surface area contributed by atoms with Crippen molar-refractivity contribution in [3.05, 3.63) is 64.1 Å². The zero-order valence-corrected chi connectivity index (χ0v) is 15.5. The minimum atomic E-state index is -0.488. The van der Waals surface area contributed by atoms with Crippen LogP contribution in [0.1, 0.15) is 17.2 Å². The molecule has 28 heavy (non-hydrogen) atoms. The molecule has 3 aromatic rings. The van der Waals surface area contributed by atoms with Gasteiger partial charge in [0.25, 0.3) is 0 Å². The number of carbonyl (C=O) groups excluding carboxylic acids is 1. The molecule has 1 fully saturated rings. The first-order chi connectivity index (χ1) is 13.6. The van der Waals surface area contributed by atoms with E-state index in [2.05, 4.69) is 15.6 Å². The topological polar surface area (TPSA) is 99.6 Å². The largest absolute Gasteiger partial charge is 0.497 e. The van der Waals surface area contributed by atoms with E-state index in [9.17, 15) is 9.59 Å². The molecule has 1 unspecified atom stereocenters.